The molecule has 2 heterocycles. The maximum absolute atomic E-state index is 5.93. The van der Waals surface area contributed by atoms with Crippen molar-refractivity contribution in [2.24, 2.45) is 0 Å². The van der Waals surface area contributed by atoms with E-state index in [-0.39, 0.29) is 0 Å². The first-order valence-corrected chi connectivity index (χ1v) is 6.68. The fraction of sp³-hybridized carbons (Fsp3) is 0. The lowest BCUT2D eigenvalue weighted by molar-refractivity contribution is 1.07. The van der Waals surface area contributed by atoms with E-state index in [9.17, 15) is 0 Å². The molecule has 21 heavy (non-hydrogen) atoms. The second-order valence-corrected chi connectivity index (χ2v) is 4.88. The lowest BCUT2D eigenvalue weighted by Gasteiger charge is -2.09. The van der Waals surface area contributed by atoms with Crippen LogP contribution in [-0.4, -0.2) is 15.2 Å². The molecule has 0 fully saturated rings. The largest absolute Gasteiger partial charge is 0.382 e. The molecular formula is C17H12N4. The summed E-state index contributed by atoms with van der Waals surface area (Å²) in [5.41, 5.74) is 7.82. The predicted octanol–water partition coefficient (Wildman–Crippen LogP) is 3.43. The highest BCUT2D eigenvalue weighted by Crippen LogP contribution is 2.32. The first-order chi connectivity index (χ1) is 10.3. The number of nitrogen functional groups attached to an aromatic ring is 1. The highest BCUT2D eigenvalue weighted by molar-refractivity contribution is 6.05. The van der Waals surface area contributed by atoms with Gasteiger partial charge < -0.3 is 5.73 Å². The van der Waals surface area contributed by atoms with Crippen molar-refractivity contribution in [3.05, 3.63) is 60.9 Å². The maximum Gasteiger partial charge on any atom is 0.154 e. The summed E-state index contributed by atoms with van der Waals surface area (Å²) in [5, 5.41) is 12.6. The van der Waals surface area contributed by atoms with Crippen molar-refractivity contribution in [2.45, 2.75) is 0 Å². The number of nitrogens with zero attached hydrogens (tertiary/aromatic N) is 3. The van der Waals surface area contributed by atoms with Gasteiger partial charge in [-0.3, -0.25) is 4.98 Å². The Hall–Kier alpha value is -3.01. The zero-order valence-corrected chi connectivity index (χ0v) is 11.2. The lowest BCUT2D eigenvalue weighted by Crippen LogP contribution is -1.97. The number of rotatable bonds is 1. The molecule has 0 amide bonds. The normalized spacial score (nSPS) is 11.0. The van der Waals surface area contributed by atoms with Gasteiger partial charge in [-0.1, -0.05) is 42.5 Å². The minimum Gasteiger partial charge on any atom is -0.382 e. The van der Waals surface area contributed by atoms with Gasteiger partial charge in [-0.2, -0.15) is 0 Å². The van der Waals surface area contributed by atoms with E-state index in [0.717, 1.165) is 32.8 Å². The molecule has 0 saturated carbocycles. The Labute approximate surface area is 121 Å². The van der Waals surface area contributed by atoms with E-state index in [1.54, 1.807) is 6.20 Å². The van der Waals surface area contributed by atoms with Gasteiger partial charge >= 0.3 is 0 Å². The molecule has 0 spiro atoms. The molecule has 0 bridgehead atoms. The molecule has 0 atom stereocenters. The third-order valence-electron chi connectivity index (χ3n) is 3.65. The number of nitrogens with two attached hydrogens (primary N) is 1. The zero-order chi connectivity index (χ0) is 14.2. The molecule has 2 aromatic heterocycles. The Kier molecular flexibility index (Phi) is 2.54. The average molecular weight is 272 g/mol. The van der Waals surface area contributed by atoms with Crippen molar-refractivity contribution < 1.29 is 0 Å². The Bertz CT molecular complexity index is 958. The molecule has 2 aromatic carbocycles. The van der Waals surface area contributed by atoms with E-state index in [1.807, 2.05) is 48.7 Å². The van der Waals surface area contributed by atoms with E-state index in [4.69, 9.17) is 5.73 Å². The first-order valence-electron chi connectivity index (χ1n) is 6.68. The first kappa shape index (κ1) is 11.8. The highest BCUT2D eigenvalue weighted by Gasteiger charge is 2.11. The van der Waals surface area contributed by atoms with Crippen molar-refractivity contribution in [1.29, 1.82) is 0 Å². The van der Waals surface area contributed by atoms with Crippen molar-refractivity contribution in [1.82, 2.24) is 15.2 Å². The van der Waals surface area contributed by atoms with Crippen LogP contribution in [-0.2, 0) is 0 Å². The summed E-state index contributed by atoms with van der Waals surface area (Å²) in [5.74, 6) is 0.455. The quantitative estimate of drug-likeness (QED) is 0.576. The van der Waals surface area contributed by atoms with Crippen LogP contribution in [0.1, 0.15) is 0 Å². The number of aromatic nitrogens is 3. The molecule has 0 aliphatic rings. The number of anilines is 1. The Morgan fingerprint density at radius 1 is 0.762 bits per heavy atom. The average Bonchev–Trinajstić information content (AvgIpc) is 2.55. The van der Waals surface area contributed by atoms with Crippen LogP contribution in [0.4, 0.5) is 5.82 Å². The summed E-state index contributed by atoms with van der Waals surface area (Å²) in [7, 11) is 0. The summed E-state index contributed by atoms with van der Waals surface area (Å²) >= 11 is 0. The van der Waals surface area contributed by atoms with E-state index < -0.39 is 0 Å². The highest BCUT2D eigenvalue weighted by atomic mass is 15.1. The Balaban J connectivity index is 2.13. The van der Waals surface area contributed by atoms with Gasteiger partial charge in [0.05, 0.1) is 0 Å². The number of pyridine rings is 1. The van der Waals surface area contributed by atoms with Crippen LogP contribution >= 0.6 is 0 Å². The molecule has 4 rings (SSSR count). The van der Waals surface area contributed by atoms with Crippen LogP contribution in [0.5, 0.6) is 0 Å². The van der Waals surface area contributed by atoms with Gasteiger partial charge in [0.15, 0.2) is 5.82 Å². The van der Waals surface area contributed by atoms with Gasteiger partial charge in [-0.25, -0.2) is 0 Å². The summed E-state index contributed by atoms with van der Waals surface area (Å²) < 4.78 is 0. The lowest BCUT2D eigenvalue weighted by atomic mass is 10.00. The SMILES string of the molecule is Nc1nnc(-c2cccc3cnccc23)c2ccccc12. The minimum atomic E-state index is 0.455. The third kappa shape index (κ3) is 1.80. The van der Waals surface area contributed by atoms with Gasteiger partial charge in [0.25, 0.3) is 0 Å². The Morgan fingerprint density at radius 2 is 1.62 bits per heavy atom. The molecular weight excluding hydrogens is 260 g/mol. The van der Waals surface area contributed by atoms with E-state index in [0.29, 0.717) is 5.82 Å². The van der Waals surface area contributed by atoms with Crippen molar-refractivity contribution in [3.8, 4) is 11.3 Å². The molecule has 0 aliphatic carbocycles. The van der Waals surface area contributed by atoms with Gasteiger partial charge in [-0.15, -0.1) is 10.2 Å². The molecule has 4 nitrogen and oxygen atoms in total. The van der Waals surface area contributed by atoms with E-state index >= 15 is 0 Å². The fourth-order valence-corrected chi connectivity index (χ4v) is 2.65. The summed E-state index contributed by atoms with van der Waals surface area (Å²) in [6.45, 7) is 0. The molecule has 100 valence electrons. The topological polar surface area (TPSA) is 64.7 Å². The van der Waals surface area contributed by atoms with Gasteiger partial charge in [-0.05, 0) is 11.5 Å². The standard InChI is InChI=1S/C17H12N4/c18-17-15-6-2-1-5-14(15)16(20-21-17)13-7-3-4-11-10-19-9-8-12(11)13/h1-10H,(H2,18,21). The van der Waals surface area contributed by atoms with Crippen LogP contribution in [0.2, 0.25) is 0 Å². The fourth-order valence-electron chi connectivity index (χ4n) is 2.65. The molecule has 0 aliphatic heterocycles. The second kappa shape index (κ2) is 4.52. The van der Waals surface area contributed by atoms with Gasteiger partial charge in [0.1, 0.15) is 5.69 Å². The van der Waals surface area contributed by atoms with Crippen molar-refractivity contribution in [3.63, 3.8) is 0 Å². The van der Waals surface area contributed by atoms with Gasteiger partial charge in [0.2, 0.25) is 0 Å². The molecule has 4 heteroatoms. The van der Waals surface area contributed by atoms with Crippen molar-refractivity contribution in [2.75, 3.05) is 5.73 Å². The van der Waals surface area contributed by atoms with Crippen LogP contribution in [0.3, 0.4) is 0 Å². The summed E-state index contributed by atoms with van der Waals surface area (Å²) in [6, 6.07) is 16.0. The summed E-state index contributed by atoms with van der Waals surface area (Å²) in [4.78, 5) is 4.17. The summed E-state index contributed by atoms with van der Waals surface area (Å²) in [6.07, 6.45) is 3.64. The monoisotopic (exact) mass is 272 g/mol. The van der Waals surface area contributed by atoms with Crippen molar-refractivity contribution >= 4 is 27.4 Å². The smallest absolute Gasteiger partial charge is 0.154 e. The number of fused-ring (bicyclic) bond motifs is 2. The van der Waals surface area contributed by atoms with Crippen LogP contribution in [0.25, 0.3) is 32.8 Å². The molecule has 2 N–H and O–H groups in total. The number of benzene rings is 2. The van der Waals surface area contributed by atoms with Crippen LogP contribution in [0.15, 0.2) is 60.9 Å². The Morgan fingerprint density at radius 3 is 2.52 bits per heavy atom. The molecule has 4 aromatic rings. The molecule has 0 radical (unpaired) electrons. The van der Waals surface area contributed by atoms with Crippen LogP contribution in [0, 0.1) is 0 Å². The minimum absolute atomic E-state index is 0.455. The molecule has 0 unspecified atom stereocenters. The van der Waals surface area contributed by atoms with Gasteiger partial charge in [0, 0.05) is 34.1 Å². The number of hydrogen-bond acceptors (Lipinski definition) is 4. The second-order valence-electron chi connectivity index (χ2n) is 4.88. The number of hydrogen-bond donors (Lipinski definition) is 1. The van der Waals surface area contributed by atoms with E-state index in [1.165, 1.54) is 0 Å². The van der Waals surface area contributed by atoms with Crippen LogP contribution < -0.4 is 5.73 Å². The zero-order valence-electron chi connectivity index (χ0n) is 11.2. The predicted molar refractivity (Wildman–Crippen MR) is 84.7 cm³/mol. The third-order valence-corrected chi connectivity index (χ3v) is 3.65. The maximum atomic E-state index is 5.93. The van der Waals surface area contributed by atoms with E-state index in [2.05, 4.69) is 21.2 Å². The molecule has 0 saturated heterocycles.